The molecule has 1 aromatic carbocycles. The highest BCUT2D eigenvalue weighted by molar-refractivity contribution is 5.87. The molecule has 0 spiro atoms. The molecule has 1 aromatic rings. The van der Waals surface area contributed by atoms with Crippen LogP contribution in [-0.2, 0) is 4.79 Å². The van der Waals surface area contributed by atoms with Crippen molar-refractivity contribution in [1.82, 2.24) is 4.90 Å². The molecule has 3 rings (SSSR count). The summed E-state index contributed by atoms with van der Waals surface area (Å²) in [4.78, 5) is 25.3. The third-order valence-corrected chi connectivity index (χ3v) is 6.31. The number of ether oxygens (including phenoxy) is 1. The first kappa shape index (κ1) is 23.4. The maximum Gasteiger partial charge on any atom is 0.335 e. The van der Waals surface area contributed by atoms with Crippen molar-refractivity contribution in [3.05, 3.63) is 29.6 Å². The molecule has 0 bridgehead atoms. The number of halogens is 2. The highest BCUT2D eigenvalue weighted by Gasteiger charge is 2.34. The summed E-state index contributed by atoms with van der Waals surface area (Å²) in [5.74, 6) is -1.26. The molecule has 0 saturated heterocycles. The molecule has 0 unspecified atom stereocenters. The van der Waals surface area contributed by atoms with Gasteiger partial charge in [0.2, 0.25) is 5.91 Å². The van der Waals surface area contributed by atoms with E-state index in [0.717, 1.165) is 44.6 Å². The number of benzene rings is 1. The van der Waals surface area contributed by atoms with E-state index in [-0.39, 0.29) is 41.5 Å². The highest BCUT2D eigenvalue weighted by atomic mass is 35.5. The zero-order chi connectivity index (χ0) is 20.3. The Labute approximate surface area is 177 Å². The van der Waals surface area contributed by atoms with E-state index in [1.807, 2.05) is 11.9 Å². The summed E-state index contributed by atoms with van der Waals surface area (Å²) in [5.41, 5.74) is 6.16. The Hall–Kier alpha value is -1.86. The average Bonchev–Trinajstić information content (AvgIpc) is 2.64. The lowest BCUT2D eigenvalue weighted by atomic mass is 9.78. The summed E-state index contributed by atoms with van der Waals surface area (Å²) in [6.07, 6.45) is 6.81. The van der Waals surface area contributed by atoms with Gasteiger partial charge >= 0.3 is 5.97 Å². The molecule has 2 saturated carbocycles. The summed E-state index contributed by atoms with van der Waals surface area (Å²) in [5, 5.41) is 8.88. The molecule has 0 radical (unpaired) electrons. The second-order valence-electron chi connectivity index (χ2n) is 8.10. The van der Waals surface area contributed by atoms with E-state index in [1.54, 1.807) is 0 Å². The van der Waals surface area contributed by atoms with Crippen LogP contribution in [0.2, 0.25) is 0 Å². The average molecular weight is 429 g/mol. The summed E-state index contributed by atoms with van der Waals surface area (Å²) in [7, 11) is 1.86. The molecular weight excluding hydrogens is 399 g/mol. The zero-order valence-electron chi connectivity index (χ0n) is 16.7. The number of carbonyl (C=O) groups is 2. The number of aromatic carboxylic acids is 1. The molecule has 1 atom stereocenters. The third kappa shape index (κ3) is 5.60. The van der Waals surface area contributed by atoms with Gasteiger partial charge in [-0.3, -0.25) is 4.79 Å². The summed E-state index contributed by atoms with van der Waals surface area (Å²) in [6.45, 7) is 0.376. The first-order valence-corrected chi connectivity index (χ1v) is 10.0. The van der Waals surface area contributed by atoms with Crippen LogP contribution in [0.5, 0.6) is 5.75 Å². The van der Waals surface area contributed by atoms with E-state index in [0.29, 0.717) is 12.6 Å². The Morgan fingerprint density at radius 2 is 1.90 bits per heavy atom. The van der Waals surface area contributed by atoms with Crippen LogP contribution in [-0.4, -0.2) is 47.6 Å². The van der Waals surface area contributed by atoms with Crippen LogP contribution in [0.4, 0.5) is 4.39 Å². The Kier molecular flexibility index (Phi) is 8.28. The minimum atomic E-state index is -1.17. The number of rotatable bonds is 7. The van der Waals surface area contributed by atoms with Gasteiger partial charge in [0.15, 0.2) is 11.6 Å². The molecule has 29 heavy (non-hydrogen) atoms. The fourth-order valence-corrected chi connectivity index (χ4v) is 4.06. The van der Waals surface area contributed by atoms with Crippen molar-refractivity contribution < 1.29 is 23.8 Å². The predicted molar refractivity (Wildman–Crippen MR) is 110 cm³/mol. The second kappa shape index (κ2) is 10.3. The van der Waals surface area contributed by atoms with Crippen LogP contribution < -0.4 is 10.5 Å². The lowest BCUT2D eigenvalue weighted by Gasteiger charge is -2.38. The number of nitrogens with zero attached hydrogens (tertiary/aromatic N) is 1. The molecule has 2 aliphatic rings. The van der Waals surface area contributed by atoms with Gasteiger partial charge in [0.05, 0.1) is 18.2 Å². The molecule has 0 aromatic heterocycles. The van der Waals surface area contributed by atoms with E-state index in [2.05, 4.69) is 0 Å². The Bertz CT molecular complexity index is 721. The number of hydrogen-bond acceptors (Lipinski definition) is 4. The molecule has 1 amide bonds. The minimum absolute atomic E-state index is 0. The van der Waals surface area contributed by atoms with Crippen molar-refractivity contribution in [2.75, 3.05) is 13.7 Å². The van der Waals surface area contributed by atoms with Gasteiger partial charge in [0.1, 0.15) is 0 Å². The van der Waals surface area contributed by atoms with E-state index in [9.17, 15) is 14.0 Å². The second-order valence-corrected chi connectivity index (χ2v) is 8.10. The first-order chi connectivity index (χ1) is 13.4. The van der Waals surface area contributed by atoms with E-state index in [1.165, 1.54) is 18.6 Å². The Balaban J connectivity index is 0.00000300. The molecule has 0 aliphatic heterocycles. The van der Waals surface area contributed by atoms with Crippen molar-refractivity contribution in [2.45, 2.75) is 57.0 Å². The smallest absolute Gasteiger partial charge is 0.335 e. The van der Waals surface area contributed by atoms with Crippen LogP contribution >= 0.6 is 12.4 Å². The highest BCUT2D eigenvalue weighted by Crippen LogP contribution is 2.32. The van der Waals surface area contributed by atoms with Crippen LogP contribution in [0.1, 0.15) is 55.3 Å². The number of nitrogens with two attached hydrogens (primary N) is 1. The Morgan fingerprint density at radius 3 is 2.41 bits per heavy atom. The van der Waals surface area contributed by atoms with Gasteiger partial charge in [-0.2, -0.15) is 0 Å². The van der Waals surface area contributed by atoms with Gasteiger partial charge in [0, 0.05) is 13.1 Å². The molecule has 2 aliphatic carbocycles. The van der Waals surface area contributed by atoms with Gasteiger partial charge in [-0.15, -0.1) is 12.4 Å². The van der Waals surface area contributed by atoms with Crippen molar-refractivity contribution in [3.8, 4) is 5.75 Å². The zero-order valence-corrected chi connectivity index (χ0v) is 17.5. The number of carboxylic acid groups (broad SMARTS) is 1. The number of amides is 1. The van der Waals surface area contributed by atoms with Crippen molar-refractivity contribution >= 4 is 24.3 Å². The normalized spacial score (nSPS) is 22.7. The minimum Gasteiger partial charge on any atom is -0.490 e. The van der Waals surface area contributed by atoms with E-state index >= 15 is 0 Å². The molecule has 3 N–H and O–H groups in total. The number of carbonyl (C=O) groups excluding carboxylic acids is 1. The van der Waals surface area contributed by atoms with Crippen LogP contribution in [0.3, 0.4) is 0 Å². The van der Waals surface area contributed by atoms with Gasteiger partial charge in [0.25, 0.3) is 0 Å². The SMILES string of the molecule is CN(C(=O)[C@@H](N)[C@H]1CC[C@H](COc2ccc(C(=O)O)cc2F)CC1)C1CCC1.Cl. The van der Waals surface area contributed by atoms with Crippen LogP contribution in [0.15, 0.2) is 18.2 Å². The standard InChI is InChI=1S/C21H29FN2O4.ClH/c1-24(16-3-2-4-16)20(25)19(23)14-7-5-13(6-8-14)12-28-18-10-9-15(21(26)27)11-17(18)22;/h9-11,13-14,16,19H,2-8,12,23H2,1H3,(H,26,27);1H/t13-,14-,19-;/m0./s1. The third-order valence-electron chi connectivity index (χ3n) is 6.31. The van der Waals surface area contributed by atoms with Gasteiger partial charge in [-0.1, -0.05) is 0 Å². The maximum absolute atomic E-state index is 13.9. The maximum atomic E-state index is 13.9. The quantitative estimate of drug-likeness (QED) is 0.693. The molecule has 6 nitrogen and oxygen atoms in total. The Morgan fingerprint density at radius 1 is 1.24 bits per heavy atom. The molecule has 0 heterocycles. The molecule has 162 valence electrons. The fourth-order valence-electron chi connectivity index (χ4n) is 4.06. The van der Waals surface area contributed by atoms with E-state index in [4.69, 9.17) is 15.6 Å². The topological polar surface area (TPSA) is 92.9 Å². The first-order valence-electron chi connectivity index (χ1n) is 10.0. The monoisotopic (exact) mass is 428 g/mol. The lowest BCUT2D eigenvalue weighted by molar-refractivity contribution is -0.136. The summed E-state index contributed by atoms with van der Waals surface area (Å²) < 4.78 is 19.5. The van der Waals surface area contributed by atoms with Gasteiger partial charge < -0.3 is 20.5 Å². The molecule has 8 heteroatoms. The van der Waals surface area contributed by atoms with Gasteiger partial charge in [-0.25, -0.2) is 9.18 Å². The molecular formula is C21H30ClFN2O4. The summed E-state index contributed by atoms with van der Waals surface area (Å²) in [6, 6.07) is 3.56. The summed E-state index contributed by atoms with van der Waals surface area (Å²) >= 11 is 0. The number of carboxylic acids is 1. The van der Waals surface area contributed by atoms with Crippen molar-refractivity contribution in [3.63, 3.8) is 0 Å². The predicted octanol–water partition coefficient (Wildman–Crippen LogP) is 3.47. The number of likely N-dealkylation sites (N-methyl/N-ethyl adjacent to an activating group) is 1. The fraction of sp³-hybridized carbons (Fsp3) is 0.619. The molecule has 2 fully saturated rings. The van der Waals surface area contributed by atoms with Gasteiger partial charge in [-0.05, 0) is 75.0 Å². The lowest BCUT2D eigenvalue weighted by Crippen LogP contribution is -2.52. The van der Waals surface area contributed by atoms with E-state index < -0.39 is 17.8 Å². The largest absolute Gasteiger partial charge is 0.490 e. The van der Waals surface area contributed by atoms with Crippen molar-refractivity contribution in [1.29, 1.82) is 0 Å². The number of hydrogen-bond donors (Lipinski definition) is 2. The van der Waals surface area contributed by atoms with Crippen LogP contribution in [0.25, 0.3) is 0 Å². The van der Waals surface area contributed by atoms with Crippen molar-refractivity contribution in [2.24, 2.45) is 17.6 Å². The van der Waals surface area contributed by atoms with Crippen LogP contribution in [0, 0.1) is 17.7 Å².